The minimum atomic E-state index is 0.685. The number of anilines is 1. The van der Waals surface area contributed by atoms with Crippen LogP contribution < -0.4 is 5.32 Å². The number of hydrogen-bond acceptors (Lipinski definition) is 2. The second kappa shape index (κ2) is 7.12. The lowest BCUT2D eigenvalue weighted by atomic mass is 9.90. The van der Waals surface area contributed by atoms with Gasteiger partial charge in [-0.1, -0.05) is 45.9 Å². The molecule has 2 nitrogen and oxygen atoms in total. The molecule has 1 aliphatic rings. The minimum Gasteiger partial charge on any atom is -0.385 e. The van der Waals surface area contributed by atoms with E-state index >= 15 is 0 Å². The Morgan fingerprint density at radius 1 is 1.10 bits per heavy atom. The van der Waals surface area contributed by atoms with Crippen molar-refractivity contribution in [3.05, 3.63) is 29.8 Å². The molecule has 1 aromatic rings. The maximum Gasteiger partial charge on any atom is 0.0376 e. The van der Waals surface area contributed by atoms with Gasteiger partial charge in [-0.05, 0) is 29.9 Å². The van der Waals surface area contributed by atoms with E-state index in [9.17, 15) is 0 Å². The van der Waals surface area contributed by atoms with E-state index in [0.29, 0.717) is 5.92 Å². The van der Waals surface area contributed by atoms with Gasteiger partial charge in [0.25, 0.3) is 0 Å². The van der Waals surface area contributed by atoms with E-state index in [2.05, 4.69) is 62.2 Å². The molecule has 0 saturated heterocycles. The van der Waals surface area contributed by atoms with Crippen LogP contribution in [-0.4, -0.2) is 31.1 Å². The SMILES string of the molecule is CC(C)CN(CC(C)C)CC1CCNc2ccccc21. The van der Waals surface area contributed by atoms with Crippen LogP contribution in [0, 0.1) is 11.8 Å². The molecule has 0 amide bonds. The Kier molecular flexibility index (Phi) is 5.47. The molecule has 0 saturated carbocycles. The van der Waals surface area contributed by atoms with Crippen LogP contribution in [0.3, 0.4) is 0 Å². The van der Waals surface area contributed by atoms with Crippen molar-refractivity contribution < 1.29 is 0 Å². The van der Waals surface area contributed by atoms with Gasteiger partial charge in [0, 0.05) is 37.8 Å². The van der Waals surface area contributed by atoms with Crippen LogP contribution in [0.25, 0.3) is 0 Å². The van der Waals surface area contributed by atoms with Gasteiger partial charge < -0.3 is 10.2 Å². The van der Waals surface area contributed by atoms with Crippen molar-refractivity contribution in [3.8, 4) is 0 Å². The van der Waals surface area contributed by atoms with Crippen molar-refractivity contribution in [2.24, 2.45) is 11.8 Å². The van der Waals surface area contributed by atoms with Crippen LogP contribution in [0.4, 0.5) is 5.69 Å². The third kappa shape index (κ3) is 4.24. The molecular weight excluding hydrogens is 244 g/mol. The van der Waals surface area contributed by atoms with Crippen molar-refractivity contribution >= 4 is 5.69 Å². The molecule has 1 aliphatic heterocycles. The lowest BCUT2D eigenvalue weighted by molar-refractivity contribution is 0.204. The monoisotopic (exact) mass is 274 g/mol. The molecule has 0 aliphatic carbocycles. The Labute approximate surface area is 124 Å². The van der Waals surface area contributed by atoms with Crippen LogP contribution in [0.5, 0.6) is 0 Å². The summed E-state index contributed by atoms with van der Waals surface area (Å²) < 4.78 is 0. The maximum atomic E-state index is 3.53. The van der Waals surface area contributed by atoms with Gasteiger partial charge in [-0.2, -0.15) is 0 Å². The van der Waals surface area contributed by atoms with Crippen molar-refractivity contribution in [2.75, 3.05) is 31.5 Å². The van der Waals surface area contributed by atoms with Crippen LogP contribution >= 0.6 is 0 Å². The first kappa shape index (κ1) is 15.4. The molecule has 20 heavy (non-hydrogen) atoms. The van der Waals surface area contributed by atoms with E-state index in [1.807, 2.05) is 0 Å². The Hall–Kier alpha value is -1.02. The topological polar surface area (TPSA) is 15.3 Å². The van der Waals surface area contributed by atoms with Crippen molar-refractivity contribution in [3.63, 3.8) is 0 Å². The van der Waals surface area contributed by atoms with Gasteiger partial charge in [-0.3, -0.25) is 0 Å². The molecule has 1 unspecified atom stereocenters. The Balaban J connectivity index is 2.07. The Bertz CT molecular complexity index is 402. The smallest absolute Gasteiger partial charge is 0.0376 e. The molecule has 2 heteroatoms. The van der Waals surface area contributed by atoms with E-state index < -0.39 is 0 Å². The number of fused-ring (bicyclic) bond motifs is 1. The van der Waals surface area contributed by atoms with E-state index in [-0.39, 0.29) is 0 Å². The molecule has 0 aromatic heterocycles. The third-order valence-electron chi connectivity index (χ3n) is 3.93. The fourth-order valence-corrected chi connectivity index (χ4v) is 3.31. The molecular formula is C18H30N2. The summed E-state index contributed by atoms with van der Waals surface area (Å²) in [7, 11) is 0. The zero-order valence-electron chi connectivity index (χ0n) is 13.5. The lowest BCUT2D eigenvalue weighted by Crippen LogP contribution is -2.36. The lowest BCUT2D eigenvalue weighted by Gasteiger charge is -2.33. The molecule has 1 atom stereocenters. The molecule has 0 spiro atoms. The van der Waals surface area contributed by atoms with Crippen molar-refractivity contribution in [2.45, 2.75) is 40.0 Å². The highest BCUT2D eigenvalue weighted by molar-refractivity contribution is 5.54. The highest BCUT2D eigenvalue weighted by Gasteiger charge is 2.22. The summed E-state index contributed by atoms with van der Waals surface area (Å²) in [6.07, 6.45) is 1.25. The molecule has 0 radical (unpaired) electrons. The van der Waals surface area contributed by atoms with E-state index in [4.69, 9.17) is 0 Å². The maximum absolute atomic E-state index is 3.53. The number of rotatable bonds is 6. The molecule has 1 aromatic carbocycles. The largest absolute Gasteiger partial charge is 0.385 e. The van der Waals surface area contributed by atoms with Gasteiger partial charge in [0.2, 0.25) is 0 Å². The van der Waals surface area contributed by atoms with Crippen molar-refractivity contribution in [1.29, 1.82) is 0 Å². The number of para-hydroxylation sites is 1. The minimum absolute atomic E-state index is 0.685. The highest BCUT2D eigenvalue weighted by Crippen LogP contribution is 2.32. The molecule has 112 valence electrons. The summed E-state index contributed by atoms with van der Waals surface area (Å²) in [6, 6.07) is 8.83. The standard InChI is InChI=1S/C18H30N2/c1-14(2)11-20(12-15(3)4)13-16-9-10-19-18-8-6-5-7-17(16)18/h5-8,14-16,19H,9-13H2,1-4H3. The summed E-state index contributed by atoms with van der Waals surface area (Å²) in [5, 5.41) is 3.53. The zero-order valence-corrected chi connectivity index (χ0v) is 13.5. The summed E-state index contributed by atoms with van der Waals surface area (Å²) in [5.74, 6) is 2.17. The Morgan fingerprint density at radius 3 is 2.40 bits per heavy atom. The van der Waals surface area contributed by atoms with Crippen molar-refractivity contribution in [1.82, 2.24) is 4.90 Å². The first-order valence-electron chi connectivity index (χ1n) is 8.11. The molecule has 1 N–H and O–H groups in total. The summed E-state index contributed by atoms with van der Waals surface area (Å²) in [5.41, 5.74) is 2.86. The fourth-order valence-electron chi connectivity index (χ4n) is 3.31. The zero-order chi connectivity index (χ0) is 14.5. The predicted molar refractivity (Wildman–Crippen MR) is 88.4 cm³/mol. The third-order valence-corrected chi connectivity index (χ3v) is 3.93. The van der Waals surface area contributed by atoms with Gasteiger partial charge >= 0.3 is 0 Å². The number of nitrogens with zero attached hydrogens (tertiary/aromatic N) is 1. The quantitative estimate of drug-likeness (QED) is 0.836. The number of nitrogens with one attached hydrogen (secondary N) is 1. The second-order valence-electron chi connectivity index (χ2n) is 7.01. The van der Waals surface area contributed by atoms with E-state index in [0.717, 1.165) is 18.4 Å². The molecule has 1 heterocycles. The van der Waals surface area contributed by atoms with E-state index in [1.165, 1.54) is 37.3 Å². The van der Waals surface area contributed by atoms with Crippen LogP contribution in [-0.2, 0) is 0 Å². The van der Waals surface area contributed by atoms with Gasteiger partial charge in [0.15, 0.2) is 0 Å². The normalized spacial score (nSPS) is 18.4. The van der Waals surface area contributed by atoms with Gasteiger partial charge in [-0.25, -0.2) is 0 Å². The Morgan fingerprint density at radius 2 is 1.75 bits per heavy atom. The summed E-state index contributed by atoms with van der Waals surface area (Å²) in [6.45, 7) is 14.0. The molecule has 0 fully saturated rings. The highest BCUT2D eigenvalue weighted by atomic mass is 15.1. The predicted octanol–water partition coefficient (Wildman–Crippen LogP) is 4.20. The average molecular weight is 274 g/mol. The number of hydrogen-bond donors (Lipinski definition) is 1. The second-order valence-corrected chi connectivity index (χ2v) is 7.01. The summed E-state index contributed by atoms with van der Waals surface area (Å²) >= 11 is 0. The van der Waals surface area contributed by atoms with Crippen LogP contribution in [0.15, 0.2) is 24.3 Å². The van der Waals surface area contributed by atoms with Gasteiger partial charge in [-0.15, -0.1) is 0 Å². The first-order chi connectivity index (χ1) is 9.56. The van der Waals surface area contributed by atoms with E-state index in [1.54, 1.807) is 0 Å². The van der Waals surface area contributed by atoms with Gasteiger partial charge in [0.1, 0.15) is 0 Å². The van der Waals surface area contributed by atoms with Crippen LogP contribution in [0.2, 0.25) is 0 Å². The summed E-state index contributed by atoms with van der Waals surface area (Å²) in [4.78, 5) is 2.67. The fraction of sp³-hybridized carbons (Fsp3) is 0.667. The van der Waals surface area contributed by atoms with Crippen LogP contribution in [0.1, 0.15) is 45.6 Å². The molecule has 2 rings (SSSR count). The first-order valence-corrected chi connectivity index (χ1v) is 8.11. The van der Waals surface area contributed by atoms with Gasteiger partial charge in [0.05, 0.1) is 0 Å². The molecule has 0 bridgehead atoms. The number of benzene rings is 1. The average Bonchev–Trinajstić information content (AvgIpc) is 2.37.